The van der Waals surface area contributed by atoms with Gasteiger partial charge >= 0.3 is 0 Å². The third-order valence-corrected chi connectivity index (χ3v) is 5.48. The number of nitrogens with zero attached hydrogens (tertiary/aromatic N) is 3. The molecule has 1 aliphatic heterocycles. The van der Waals surface area contributed by atoms with E-state index in [1.807, 2.05) is 18.5 Å². The average molecular weight is 366 g/mol. The summed E-state index contributed by atoms with van der Waals surface area (Å²) < 4.78 is 2.39. The van der Waals surface area contributed by atoms with Gasteiger partial charge in [-0.2, -0.15) is 0 Å². The Morgan fingerprint density at radius 1 is 1.19 bits per heavy atom. The van der Waals surface area contributed by atoms with Gasteiger partial charge in [-0.05, 0) is 60.0 Å². The molecule has 4 rings (SSSR count). The molecule has 2 aromatic heterocycles. The average Bonchev–Trinajstić information content (AvgIpc) is 2.92. The molecule has 0 fully saturated rings. The molecule has 0 unspecified atom stereocenters. The monoisotopic (exact) mass is 365 g/mol. The van der Waals surface area contributed by atoms with E-state index >= 15 is 0 Å². The number of fused-ring (bicyclic) bond motifs is 3. The summed E-state index contributed by atoms with van der Waals surface area (Å²) in [5, 5.41) is 2.07. The van der Waals surface area contributed by atoms with E-state index in [-0.39, 0.29) is 0 Å². The number of pyridine rings is 1. The highest BCUT2D eigenvalue weighted by molar-refractivity contribution is 6.31. The number of hydrogen-bond donors (Lipinski definition) is 0. The maximum atomic E-state index is 6.31. The lowest BCUT2D eigenvalue weighted by atomic mass is 9.97. The molecule has 0 atom stereocenters. The predicted octanol–water partition coefficient (Wildman–Crippen LogP) is 5.33. The van der Waals surface area contributed by atoms with E-state index in [0.717, 1.165) is 24.5 Å². The Hall–Kier alpha value is -2.10. The fourth-order valence-electron chi connectivity index (χ4n) is 3.89. The highest BCUT2D eigenvalue weighted by atomic mass is 35.5. The van der Waals surface area contributed by atoms with Crippen LogP contribution in [0.15, 0.2) is 42.7 Å². The van der Waals surface area contributed by atoms with Crippen molar-refractivity contribution in [1.82, 2.24) is 14.5 Å². The minimum atomic E-state index is 0.420. The van der Waals surface area contributed by atoms with Gasteiger partial charge in [0.2, 0.25) is 0 Å². The van der Waals surface area contributed by atoms with E-state index in [4.69, 9.17) is 11.6 Å². The molecular formula is C22H24ClN3. The number of halogens is 1. The van der Waals surface area contributed by atoms with Gasteiger partial charge in [-0.25, -0.2) is 0 Å². The van der Waals surface area contributed by atoms with Crippen LogP contribution in [0.3, 0.4) is 0 Å². The van der Waals surface area contributed by atoms with Crippen molar-refractivity contribution in [2.45, 2.75) is 26.8 Å². The second-order valence-corrected chi connectivity index (χ2v) is 7.86. The molecule has 0 aliphatic carbocycles. The summed E-state index contributed by atoms with van der Waals surface area (Å²) in [5.74, 6) is 0.420. The van der Waals surface area contributed by atoms with E-state index in [1.165, 1.54) is 33.3 Å². The van der Waals surface area contributed by atoms with Crippen molar-refractivity contribution in [3.05, 3.63) is 64.6 Å². The largest absolute Gasteiger partial charge is 0.320 e. The molecule has 4 heteroatoms. The summed E-state index contributed by atoms with van der Waals surface area (Å²) in [6.45, 7) is 6.54. The summed E-state index contributed by atoms with van der Waals surface area (Å²) >= 11 is 6.31. The molecule has 0 N–H and O–H groups in total. The molecule has 3 nitrogen and oxygen atoms in total. The van der Waals surface area contributed by atoms with Crippen molar-refractivity contribution in [2.24, 2.45) is 5.92 Å². The van der Waals surface area contributed by atoms with Crippen molar-refractivity contribution in [3.63, 3.8) is 0 Å². The number of hydrogen-bond acceptors (Lipinski definition) is 2. The zero-order valence-corrected chi connectivity index (χ0v) is 16.3. The van der Waals surface area contributed by atoms with Crippen LogP contribution in [0.5, 0.6) is 0 Å². The zero-order valence-electron chi connectivity index (χ0n) is 15.5. The number of aromatic nitrogens is 2. The Labute approximate surface area is 159 Å². The minimum Gasteiger partial charge on any atom is -0.320 e. The van der Waals surface area contributed by atoms with Gasteiger partial charge in [-0.3, -0.25) is 4.98 Å². The topological polar surface area (TPSA) is 21.1 Å². The van der Waals surface area contributed by atoms with Crippen molar-refractivity contribution in [2.75, 3.05) is 13.6 Å². The van der Waals surface area contributed by atoms with Crippen LogP contribution in [0, 0.1) is 5.92 Å². The third kappa shape index (κ3) is 3.06. The summed E-state index contributed by atoms with van der Waals surface area (Å²) in [7, 11) is 2.18. The van der Waals surface area contributed by atoms with Crippen molar-refractivity contribution in [3.8, 4) is 0 Å². The lowest BCUT2D eigenvalue weighted by molar-refractivity contribution is 0.312. The first-order valence-corrected chi connectivity index (χ1v) is 9.54. The number of likely N-dealkylation sites (N-methyl/N-ethyl adjacent to an activating group) is 1. The molecule has 0 amide bonds. The van der Waals surface area contributed by atoms with E-state index in [0.29, 0.717) is 5.92 Å². The minimum absolute atomic E-state index is 0.420. The maximum absolute atomic E-state index is 6.31. The van der Waals surface area contributed by atoms with E-state index < -0.39 is 0 Å². The fraction of sp³-hybridized carbons (Fsp3) is 0.318. The van der Waals surface area contributed by atoms with Crippen LogP contribution >= 0.6 is 11.6 Å². The SMILES string of the molecule is CC(C)C(=Cn1c2c(c3cc(Cl)ccc31)CN(C)CC2)c1ccncc1. The molecule has 0 radical (unpaired) electrons. The van der Waals surface area contributed by atoms with Crippen molar-refractivity contribution < 1.29 is 0 Å². The predicted molar refractivity (Wildman–Crippen MR) is 110 cm³/mol. The molecule has 1 aromatic carbocycles. The second-order valence-electron chi connectivity index (χ2n) is 7.42. The first kappa shape index (κ1) is 17.3. The van der Waals surface area contributed by atoms with E-state index in [2.05, 4.69) is 65.8 Å². The normalized spacial score (nSPS) is 15.7. The lowest BCUT2D eigenvalue weighted by Gasteiger charge is -2.24. The quantitative estimate of drug-likeness (QED) is 0.625. The van der Waals surface area contributed by atoms with Gasteiger partial charge in [-0.15, -0.1) is 0 Å². The Bertz CT molecular complexity index is 970. The molecule has 0 bridgehead atoms. The van der Waals surface area contributed by atoms with Crippen LogP contribution in [0.4, 0.5) is 0 Å². The Morgan fingerprint density at radius 2 is 1.96 bits per heavy atom. The Morgan fingerprint density at radius 3 is 2.69 bits per heavy atom. The van der Waals surface area contributed by atoms with E-state index in [1.54, 1.807) is 0 Å². The zero-order chi connectivity index (χ0) is 18.3. The summed E-state index contributed by atoms with van der Waals surface area (Å²) in [6.07, 6.45) is 7.10. The maximum Gasteiger partial charge on any atom is 0.0529 e. The molecule has 134 valence electrons. The fourth-order valence-corrected chi connectivity index (χ4v) is 4.06. The summed E-state index contributed by atoms with van der Waals surface area (Å²) in [6, 6.07) is 10.4. The highest BCUT2D eigenvalue weighted by Gasteiger charge is 2.22. The van der Waals surface area contributed by atoms with Gasteiger partial charge in [0.05, 0.1) is 5.52 Å². The van der Waals surface area contributed by atoms with Crippen molar-refractivity contribution >= 4 is 34.3 Å². The molecule has 3 aromatic rings. The molecule has 0 spiro atoms. The van der Waals surface area contributed by atoms with Crippen molar-refractivity contribution in [1.29, 1.82) is 0 Å². The number of benzene rings is 1. The van der Waals surface area contributed by atoms with Gasteiger partial charge in [0, 0.05) is 54.2 Å². The van der Waals surface area contributed by atoms with Gasteiger partial charge in [-0.1, -0.05) is 25.4 Å². The van der Waals surface area contributed by atoms with Crippen LogP contribution in [0.1, 0.15) is 30.7 Å². The Kier molecular flexibility index (Phi) is 4.60. The molecule has 0 saturated carbocycles. The standard InChI is InChI=1S/C22H24ClN3/c1-15(2)19(16-6-9-24-10-7-16)14-26-21-5-4-17(23)12-18(21)20-13-25(3)11-8-22(20)26/h4-7,9-10,12,14-15H,8,11,13H2,1-3H3. The molecule has 0 saturated heterocycles. The van der Waals surface area contributed by atoms with Gasteiger partial charge in [0.1, 0.15) is 0 Å². The Balaban J connectivity index is 1.96. The summed E-state index contributed by atoms with van der Waals surface area (Å²) in [4.78, 5) is 6.55. The second kappa shape index (κ2) is 6.90. The van der Waals surface area contributed by atoms with Crippen LogP contribution in [-0.2, 0) is 13.0 Å². The third-order valence-electron chi connectivity index (χ3n) is 5.24. The first-order chi connectivity index (χ1) is 12.5. The number of allylic oxidation sites excluding steroid dienone is 1. The van der Waals surface area contributed by atoms with Crippen LogP contribution in [-0.4, -0.2) is 28.0 Å². The van der Waals surface area contributed by atoms with Crippen LogP contribution < -0.4 is 0 Å². The smallest absolute Gasteiger partial charge is 0.0529 e. The first-order valence-electron chi connectivity index (χ1n) is 9.16. The summed E-state index contributed by atoms with van der Waals surface area (Å²) in [5.41, 5.74) is 6.60. The molecule has 3 heterocycles. The van der Waals surface area contributed by atoms with Crippen LogP contribution in [0.2, 0.25) is 5.02 Å². The van der Waals surface area contributed by atoms with Gasteiger partial charge in [0.25, 0.3) is 0 Å². The molecule has 26 heavy (non-hydrogen) atoms. The lowest BCUT2D eigenvalue weighted by Crippen LogP contribution is -2.26. The van der Waals surface area contributed by atoms with E-state index in [9.17, 15) is 0 Å². The van der Waals surface area contributed by atoms with Gasteiger partial charge in [0.15, 0.2) is 0 Å². The number of rotatable bonds is 3. The van der Waals surface area contributed by atoms with Crippen LogP contribution in [0.25, 0.3) is 22.7 Å². The highest BCUT2D eigenvalue weighted by Crippen LogP contribution is 2.34. The van der Waals surface area contributed by atoms with Gasteiger partial charge < -0.3 is 9.47 Å². The molecular weight excluding hydrogens is 342 g/mol. The molecule has 1 aliphatic rings.